The number of anilines is 4. The molecule has 314 valence electrons. The van der Waals surface area contributed by atoms with Crippen molar-refractivity contribution in [3.05, 3.63) is 144 Å². The number of carboxylic acid groups (broad SMARTS) is 1. The zero-order valence-electron chi connectivity index (χ0n) is 34.3. The van der Waals surface area contributed by atoms with Crippen molar-refractivity contribution in [3.8, 4) is 0 Å². The topological polar surface area (TPSA) is 190 Å². The van der Waals surface area contributed by atoms with E-state index in [-0.39, 0.29) is 29.5 Å². The van der Waals surface area contributed by atoms with Crippen molar-refractivity contribution in [2.75, 3.05) is 43.9 Å². The molecule has 2 fully saturated rings. The van der Waals surface area contributed by atoms with E-state index in [1.165, 1.54) is 25.6 Å². The molecule has 16 heteroatoms. The molecular weight excluding hydrogens is 777 g/mol. The Morgan fingerprint density at radius 3 is 1.41 bits per heavy atom. The van der Waals surface area contributed by atoms with Gasteiger partial charge in [-0.15, -0.1) is 0 Å². The summed E-state index contributed by atoms with van der Waals surface area (Å²) in [6.45, 7) is 6.67. The molecule has 2 saturated heterocycles. The number of aromatic carboxylic acids is 1. The standard InChI is InChI=1S/C23H25N5O3.C22H23N5O3/c1-16-20(26-21-14-24-11-8-19(21)23(30)31-2)15-25-28(16)18-9-12-27(13-10-18)22(29)17-6-4-3-5-7-17;1-15-19(25-20-13-23-10-7-18(20)22(29)30)14-24-27(15)17-8-11-26(12-9-17)21(28)16-5-3-2-4-6-16/h3-8,11,14-15,18,26H,9-10,12-13H2,1-2H3;2-7,10,13-14,17,25H,8-9,11-12H2,1H3,(H,29,30). The summed E-state index contributed by atoms with van der Waals surface area (Å²) in [5.41, 5.74) is 6.44. The second kappa shape index (κ2) is 19.1. The number of carbonyl (C=O) groups is 4. The summed E-state index contributed by atoms with van der Waals surface area (Å²) in [7, 11) is 1.35. The predicted molar refractivity (Wildman–Crippen MR) is 228 cm³/mol. The van der Waals surface area contributed by atoms with Crippen LogP contribution in [-0.2, 0) is 4.74 Å². The smallest absolute Gasteiger partial charge is 0.340 e. The van der Waals surface area contributed by atoms with Gasteiger partial charge in [-0.3, -0.25) is 28.9 Å². The van der Waals surface area contributed by atoms with Crippen LogP contribution in [0.1, 0.15) is 90.6 Å². The van der Waals surface area contributed by atoms with Crippen LogP contribution in [0, 0.1) is 13.8 Å². The number of methoxy groups -OCH3 is 1. The van der Waals surface area contributed by atoms with E-state index in [1.54, 1.807) is 30.9 Å². The van der Waals surface area contributed by atoms with Crippen molar-refractivity contribution >= 4 is 46.5 Å². The van der Waals surface area contributed by atoms with Crippen LogP contribution in [0.4, 0.5) is 22.7 Å². The van der Waals surface area contributed by atoms with Crippen LogP contribution in [0.5, 0.6) is 0 Å². The molecule has 0 aliphatic carbocycles. The van der Waals surface area contributed by atoms with Gasteiger partial charge in [0.15, 0.2) is 0 Å². The highest BCUT2D eigenvalue weighted by atomic mass is 16.5. The molecule has 0 atom stereocenters. The molecular formula is C45H48N10O6. The molecule has 2 amide bonds. The largest absolute Gasteiger partial charge is 0.478 e. The van der Waals surface area contributed by atoms with Crippen LogP contribution < -0.4 is 10.6 Å². The average Bonchev–Trinajstić information content (AvgIpc) is 3.86. The van der Waals surface area contributed by atoms with Crippen molar-refractivity contribution in [1.29, 1.82) is 0 Å². The molecule has 0 radical (unpaired) electrons. The normalized spacial score (nSPS) is 14.4. The summed E-state index contributed by atoms with van der Waals surface area (Å²) in [6, 6.07) is 22.2. The van der Waals surface area contributed by atoms with Gasteiger partial charge >= 0.3 is 11.9 Å². The average molecular weight is 825 g/mol. The SMILES string of the molecule is COC(=O)c1ccncc1Nc1cnn(C2CCN(C(=O)c3ccccc3)CC2)c1C.Cc1c(Nc2cnccc2C(=O)O)cnn1C1CCN(C(=O)c2ccccc2)CC1. The lowest BCUT2D eigenvalue weighted by Crippen LogP contribution is -2.39. The van der Waals surface area contributed by atoms with Gasteiger partial charge in [0.1, 0.15) is 0 Å². The molecule has 0 saturated carbocycles. The molecule has 4 aromatic heterocycles. The monoisotopic (exact) mass is 824 g/mol. The third-order valence-electron chi connectivity index (χ3n) is 11.1. The van der Waals surface area contributed by atoms with Gasteiger partial charge < -0.3 is 30.3 Å². The van der Waals surface area contributed by atoms with Gasteiger partial charge in [-0.2, -0.15) is 10.2 Å². The molecule has 0 spiro atoms. The van der Waals surface area contributed by atoms with E-state index in [0.717, 1.165) is 54.0 Å². The van der Waals surface area contributed by atoms with E-state index < -0.39 is 11.9 Å². The lowest BCUT2D eigenvalue weighted by atomic mass is 10.0. The lowest BCUT2D eigenvalue weighted by molar-refractivity contribution is 0.0599. The van der Waals surface area contributed by atoms with Crippen molar-refractivity contribution in [2.24, 2.45) is 0 Å². The fourth-order valence-corrected chi connectivity index (χ4v) is 7.73. The van der Waals surface area contributed by atoms with E-state index in [9.17, 15) is 24.3 Å². The molecule has 2 aliphatic heterocycles. The minimum absolute atomic E-state index is 0.0615. The maximum atomic E-state index is 12.7. The molecule has 0 unspecified atom stereocenters. The number of hydrogen-bond acceptors (Lipinski definition) is 11. The first-order valence-corrected chi connectivity index (χ1v) is 20.1. The quantitative estimate of drug-likeness (QED) is 0.119. The number of amides is 2. The highest BCUT2D eigenvalue weighted by molar-refractivity contribution is 5.97. The Labute approximate surface area is 353 Å². The van der Waals surface area contributed by atoms with E-state index in [1.807, 2.05) is 93.7 Å². The Morgan fingerprint density at radius 2 is 1.00 bits per heavy atom. The van der Waals surface area contributed by atoms with E-state index in [0.29, 0.717) is 48.7 Å². The number of nitrogens with zero attached hydrogens (tertiary/aromatic N) is 8. The van der Waals surface area contributed by atoms with Crippen molar-refractivity contribution in [1.82, 2.24) is 39.3 Å². The maximum absolute atomic E-state index is 12.7. The Morgan fingerprint density at radius 1 is 0.590 bits per heavy atom. The van der Waals surface area contributed by atoms with E-state index in [4.69, 9.17) is 4.74 Å². The minimum Gasteiger partial charge on any atom is -0.478 e. The summed E-state index contributed by atoms with van der Waals surface area (Å²) in [5, 5.41) is 24.8. The first-order valence-electron chi connectivity index (χ1n) is 20.1. The van der Waals surface area contributed by atoms with Gasteiger partial charge in [0.05, 0.1) is 89.2 Å². The number of rotatable bonds is 10. The van der Waals surface area contributed by atoms with Gasteiger partial charge in [-0.1, -0.05) is 36.4 Å². The third-order valence-corrected chi connectivity index (χ3v) is 11.1. The van der Waals surface area contributed by atoms with Crippen LogP contribution in [0.3, 0.4) is 0 Å². The second-order valence-corrected chi connectivity index (χ2v) is 14.8. The fraction of sp³-hybridized carbons (Fsp3) is 0.289. The first-order chi connectivity index (χ1) is 29.6. The van der Waals surface area contributed by atoms with Gasteiger partial charge in [0, 0.05) is 49.7 Å². The Balaban J connectivity index is 0.000000184. The number of hydrogen-bond donors (Lipinski definition) is 3. The number of ether oxygens (including phenoxy) is 1. The summed E-state index contributed by atoms with van der Waals surface area (Å²) in [6.07, 6.45) is 12.8. The van der Waals surface area contributed by atoms with Crippen LogP contribution >= 0.6 is 0 Å². The zero-order chi connectivity index (χ0) is 42.9. The molecule has 6 heterocycles. The number of carbonyl (C=O) groups excluding carboxylic acids is 3. The number of piperidine rings is 2. The Hall–Kier alpha value is -7.36. The number of aromatic nitrogens is 6. The van der Waals surface area contributed by atoms with Gasteiger partial charge in [0.25, 0.3) is 11.8 Å². The Kier molecular flexibility index (Phi) is 13.1. The van der Waals surface area contributed by atoms with Gasteiger partial charge in [0.2, 0.25) is 0 Å². The molecule has 2 aliphatic rings. The lowest BCUT2D eigenvalue weighted by Gasteiger charge is -2.32. The number of likely N-dealkylation sites (tertiary alicyclic amines) is 2. The van der Waals surface area contributed by atoms with Crippen LogP contribution in [0.25, 0.3) is 0 Å². The Bertz CT molecular complexity index is 2470. The molecule has 0 bridgehead atoms. The zero-order valence-corrected chi connectivity index (χ0v) is 34.3. The third kappa shape index (κ3) is 9.59. The molecule has 8 rings (SSSR count). The number of nitrogens with one attached hydrogen (secondary N) is 2. The highest BCUT2D eigenvalue weighted by Crippen LogP contribution is 2.31. The number of esters is 1. The van der Waals surface area contributed by atoms with Crippen LogP contribution in [0.2, 0.25) is 0 Å². The minimum atomic E-state index is -1.01. The molecule has 16 nitrogen and oxygen atoms in total. The summed E-state index contributed by atoms with van der Waals surface area (Å²) in [5.74, 6) is -1.30. The molecule has 61 heavy (non-hydrogen) atoms. The van der Waals surface area contributed by atoms with Gasteiger partial charge in [-0.05, 0) is 75.9 Å². The van der Waals surface area contributed by atoms with E-state index >= 15 is 0 Å². The summed E-state index contributed by atoms with van der Waals surface area (Å²) in [4.78, 5) is 60.6. The van der Waals surface area contributed by atoms with Crippen LogP contribution in [0.15, 0.2) is 110 Å². The van der Waals surface area contributed by atoms with Crippen molar-refractivity contribution < 1.29 is 29.0 Å². The number of carboxylic acids is 1. The van der Waals surface area contributed by atoms with Crippen LogP contribution in [-0.4, -0.2) is 101 Å². The van der Waals surface area contributed by atoms with Gasteiger partial charge in [-0.25, -0.2) is 9.59 Å². The number of benzene rings is 2. The molecule has 6 aromatic rings. The van der Waals surface area contributed by atoms with E-state index in [2.05, 4.69) is 30.8 Å². The van der Waals surface area contributed by atoms with Crippen molar-refractivity contribution in [2.45, 2.75) is 51.6 Å². The first kappa shape index (κ1) is 41.8. The predicted octanol–water partition coefficient (Wildman–Crippen LogP) is 7.10. The summed E-state index contributed by atoms with van der Waals surface area (Å²) < 4.78 is 8.81. The molecule has 2 aromatic carbocycles. The second-order valence-electron chi connectivity index (χ2n) is 14.8. The highest BCUT2D eigenvalue weighted by Gasteiger charge is 2.28. The fourth-order valence-electron chi connectivity index (χ4n) is 7.73. The maximum Gasteiger partial charge on any atom is 0.340 e. The summed E-state index contributed by atoms with van der Waals surface area (Å²) >= 11 is 0. The number of pyridine rings is 2. The molecule has 3 N–H and O–H groups in total. The van der Waals surface area contributed by atoms with Crippen molar-refractivity contribution in [3.63, 3.8) is 0 Å².